The van der Waals surface area contributed by atoms with Crippen molar-refractivity contribution >= 4 is 11.8 Å². The van der Waals surface area contributed by atoms with Crippen molar-refractivity contribution in [2.75, 3.05) is 26.2 Å². The number of piperidine rings is 1. The lowest BCUT2D eigenvalue weighted by atomic mass is 10.0. The predicted molar refractivity (Wildman–Crippen MR) is 131 cm³/mol. The number of aromatic nitrogens is 2. The molecular weight excluding hydrogens is 503 g/mol. The monoisotopic (exact) mass is 535 g/mol. The molecule has 0 radical (unpaired) electrons. The van der Waals surface area contributed by atoms with Gasteiger partial charge in [0, 0.05) is 51.1 Å². The van der Waals surface area contributed by atoms with Crippen molar-refractivity contribution in [3.8, 4) is 11.4 Å². The summed E-state index contributed by atoms with van der Waals surface area (Å²) in [5.41, 5.74) is 2.22. The Morgan fingerprint density at radius 1 is 1.13 bits per heavy atom. The van der Waals surface area contributed by atoms with E-state index in [0.29, 0.717) is 43.1 Å². The van der Waals surface area contributed by atoms with Crippen molar-refractivity contribution in [3.63, 3.8) is 0 Å². The minimum absolute atomic E-state index is 0.116. The molecule has 0 unspecified atom stereocenters. The second-order valence-electron chi connectivity index (χ2n) is 10.4. The molecule has 2 aromatic rings. The fourth-order valence-corrected chi connectivity index (χ4v) is 5.66. The number of hydrogen-bond donors (Lipinski definition) is 2. The molecule has 12 heteroatoms. The van der Waals surface area contributed by atoms with Gasteiger partial charge in [0.25, 0.3) is 5.91 Å². The number of rotatable bonds is 6. The fourth-order valence-electron chi connectivity index (χ4n) is 5.66. The predicted octanol–water partition coefficient (Wildman–Crippen LogP) is 2.74. The first-order valence-corrected chi connectivity index (χ1v) is 12.9. The number of halogens is 3. The highest BCUT2D eigenvalue weighted by Gasteiger charge is 2.40. The number of benzene rings is 1. The van der Waals surface area contributed by atoms with E-state index in [2.05, 4.69) is 20.1 Å². The van der Waals surface area contributed by atoms with E-state index in [1.54, 1.807) is 17.7 Å². The van der Waals surface area contributed by atoms with E-state index in [1.165, 1.54) is 25.1 Å². The number of aliphatic hydroxyl groups is 1. The zero-order valence-corrected chi connectivity index (χ0v) is 21.4. The third kappa shape index (κ3) is 5.65. The van der Waals surface area contributed by atoms with Gasteiger partial charge in [-0.3, -0.25) is 14.5 Å². The molecule has 3 heterocycles. The van der Waals surface area contributed by atoms with E-state index < -0.39 is 12.5 Å². The maximum atomic E-state index is 13.7. The molecule has 2 saturated heterocycles. The number of nitrogens with one attached hydrogen (secondary N) is 1. The molecular formula is C26H32F3N5O4. The van der Waals surface area contributed by atoms with E-state index in [9.17, 15) is 27.9 Å². The molecule has 1 aliphatic carbocycles. The molecule has 2 aliphatic heterocycles. The Morgan fingerprint density at radius 2 is 1.84 bits per heavy atom. The minimum Gasteiger partial charge on any atom is -0.406 e. The quantitative estimate of drug-likeness (QED) is 0.590. The number of ether oxygens (including phenoxy) is 1. The van der Waals surface area contributed by atoms with Crippen molar-refractivity contribution in [2.45, 2.75) is 70.0 Å². The average molecular weight is 536 g/mol. The fraction of sp³-hybridized carbons (Fsp3) is 0.577. The third-order valence-electron chi connectivity index (χ3n) is 7.54. The highest BCUT2D eigenvalue weighted by Crippen LogP contribution is 2.44. The van der Waals surface area contributed by atoms with Crippen LogP contribution in [0.25, 0.3) is 5.69 Å². The lowest BCUT2D eigenvalue weighted by molar-refractivity contribution is -0.274. The molecule has 2 N–H and O–H groups in total. The molecule has 38 heavy (non-hydrogen) atoms. The summed E-state index contributed by atoms with van der Waals surface area (Å²) in [5.74, 6) is -0.503. The van der Waals surface area contributed by atoms with Crippen LogP contribution in [0.15, 0.2) is 24.3 Å². The van der Waals surface area contributed by atoms with E-state index in [1.807, 2.05) is 4.90 Å². The Labute approximate surface area is 218 Å². The van der Waals surface area contributed by atoms with Crippen molar-refractivity contribution in [3.05, 3.63) is 41.2 Å². The summed E-state index contributed by atoms with van der Waals surface area (Å²) < 4.78 is 44.0. The van der Waals surface area contributed by atoms with Crippen LogP contribution < -0.4 is 10.1 Å². The molecule has 1 saturated carbocycles. The summed E-state index contributed by atoms with van der Waals surface area (Å²) in [6.45, 7) is 5.35. The first kappa shape index (κ1) is 26.5. The van der Waals surface area contributed by atoms with Gasteiger partial charge >= 0.3 is 6.36 Å². The van der Waals surface area contributed by atoms with Gasteiger partial charge < -0.3 is 20.1 Å². The van der Waals surface area contributed by atoms with Gasteiger partial charge in [0.1, 0.15) is 5.75 Å². The average Bonchev–Trinajstić information content (AvgIpc) is 3.54. The molecule has 5 rings (SSSR count). The smallest absolute Gasteiger partial charge is 0.406 e. The molecule has 0 spiro atoms. The summed E-state index contributed by atoms with van der Waals surface area (Å²) in [5, 5.41) is 17.7. The summed E-state index contributed by atoms with van der Waals surface area (Å²) in [6.07, 6.45) is -2.16. The first-order chi connectivity index (χ1) is 18.0. The maximum absolute atomic E-state index is 13.7. The number of carbonyl (C=O) groups is 2. The van der Waals surface area contributed by atoms with Crippen LogP contribution in [0, 0.1) is 6.92 Å². The number of likely N-dealkylation sites (tertiary alicyclic amines) is 2. The van der Waals surface area contributed by atoms with Gasteiger partial charge in [0.05, 0.1) is 34.8 Å². The van der Waals surface area contributed by atoms with Crippen molar-refractivity contribution in [1.29, 1.82) is 0 Å². The van der Waals surface area contributed by atoms with E-state index in [-0.39, 0.29) is 35.6 Å². The van der Waals surface area contributed by atoms with Crippen molar-refractivity contribution in [1.82, 2.24) is 24.9 Å². The van der Waals surface area contributed by atoms with Crippen molar-refractivity contribution < 1.29 is 32.6 Å². The van der Waals surface area contributed by atoms with Crippen LogP contribution in [-0.2, 0) is 4.79 Å². The number of aliphatic hydroxyl groups excluding tert-OH is 1. The maximum Gasteiger partial charge on any atom is 0.573 e. The van der Waals surface area contributed by atoms with Gasteiger partial charge in [0.15, 0.2) is 0 Å². The Kier molecular flexibility index (Phi) is 7.12. The van der Waals surface area contributed by atoms with Gasteiger partial charge in [-0.1, -0.05) is 6.07 Å². The topological polar surface area (TPSA) is 99.9 Å². The van der Waals surface area contributed by atoms with E-state index in [0.717, 1.165) is 31.4 Å². The van der Waals surface area contributed by atoms with Gasteiger partial charge in [-0.15, -0.1) is 13.2 Å². The Balaban J connectivity index is 1.31. The summed E-state index contributed by atoms with van der Waals surface area (Å²) in [4.78, 5) is 29.1. The van der Waals surface area contributed by atoms with Crippen LogP contribution in [0.1, 0.15) is 60.3 Å². The second-order valence-corrected chi connectivity index (χ2v) is 10.4. The first-order valence-electron chi connectivity index (χ1n) is 12.9. The standard InChI is InChI=1S/C26H32F3N5O4/c1-15-23(24(17-6-7-17)34(31-15)19-4-3-5-20(12-19)38-26(27,28)29)25(37)32-10-8-18(9-11-32)33-13-21(22(36)14-33)30-16(2)35/h3-5,12,17-18,21-22,36H,6-11,13-14H2,1-2H3,(H,30,35)/t21-,22-/m0/s1. The van der Waals surface area contributed by atoms with Crippen LogP contribution in [0.5, 0.6) is 5.75 Å². The van der Waals surface area contributed by atoms with Crippen LogP contribution >= 0.6 is 0 Å². The van der Waals surface area contributed by atoms with Gasteiger partial charge in [-0.2, -0.15) is 5.10 Å². The number of nitrogens with zero attached hydrogens (tertiary/aromatic N) is 4. The van der Waals surface area contributed by atoms with Crippen LogP contribution in [0.4, 0.5) is 13.2 Å². The molecule has 3 aliphatic rings. The zero-order valence-electron chi connectivity index (χ0n) is 21.4. The van der Waals surface area contributed by atoms with Gasteiger partial charge in [-0.05, 0) is 44.7 Å². The summed E-state index contributed by atoms with van der Waals surface area (Å²) >= 11 is 0. The van der Waals surface area contributed by atoms with Gasteiger partial charge in [-0.25, -0.2) is 4.68 Å². The molecule has 0 bridgehead atoms. The lowest BCUT2D eigenvalue weighted by Gasteiger charge is -2.36. The zero-order chi connectivity index (χ0) is 27.2. The van der Waals surface area contributed by atoms with Crippen LogP contribution in [0.2, 0.25) is 0 Å². The molecule has 2 atom stereocenters. The SMILES string of the molecule is CC(=O)N[C@H]1CN(C2CCN(C(=O)c3c(C)nn(-c4cccc(OC(F)(F)F)c4)c3C3CC3)CC2)C[C@@H]1O. The normalized spacial score (nSPS) is 23.1. The summed E-state index contributed by atoms with van der Waals surface area (Å²) in [6, 6.07) is 5.56. The largest absolute Gasteiger partial charge is 0.573 e. The molecule has 206 valence electrons. The third-order valence-corrected chi connectivity index (χ3v) is 7.54. The number of β-amino-alcohol motifs (C(OH)–C–C–N with tert-alkyl or cyclic N) is 1. The molecule has 3 fully saturated rings. The molecule has 2 amide bonds. The Bertz CT molecular complexity index is 1200. The summed E-state index contributed by atoms with van der Waals surface area (Å²) in [7, 11) is 0. The highest BCUT2D eigenvalue weighted by atomic mass is 19.4. The number of carbonyl (C=O) groups excluding carboxylic acids is 2. The van der Waals surface area contributed by atoms with E-state index in [4.69, 9.17) is 0 Å². The second kappa shape index (κ2) is 10.2. The Hall–Kier alpha value is -3.12. The molecule has 9 nitrogen and oxygen atoms in total. The number of aryl methyl sites for hydroxylation is 1. The molecule has 1 aromatic carbocycles. The molecule has 1 aromatic heterocycles. The van der Waals surface area contributed by atoms with Gasteiger partial charge in [0.2, 0.25) is 5.91 Å². The lowest BCUT2D eigenvalue weighted by Crippen LogP contribution is -2.47. The van der Waals surface area contributed by atoms with Crippen molar-refractivity contribution in [2.24, 2.45) is 0 Å². The van der Waals surface area contributed by atoms with Crippen LogP contribution in [0.3, 0.4) is 0 Å². The van der Waals surface area contributed by atoms with E-state index >= 15 is 0 Å². The van der Waals surface area contributed by atoms with Crippen LogP contribution in [-0.4, -0.2) is 87.2 Å². The number of hydrogen-bond acceptors (Lipinski definition) is 6. The number of alkyl halides is 3. The minimum atomic E-state index is -4.80. The number of amides is 2. The highest BCUT2D eigenvalue weighted by molar-refractivity contribution is 5.97. The Morgan fingerprint density at radius 3 is 2.47 bits per heavy atom.